The number of hydrogen-bond donors (Lipinski definition) is 0. The van der Waals surface area contributed by atoms with Gasteiger partial charge in [-0.1, -0.05) is 0 Å². The summed E-state index contributed by atoms with van der Waals surface area (Å²) in [6.45, 7) is 1.73. The second-order valence-corrected chi connectivity index (χ2v) is 7.38. The second-order valence-electron chi connectivity index (χ2n) is 4.71. The van der Waals surface area contributed by atoms with E-state index in [9.17, 15) is 0 Å². The van der Waals surface area contributed by atoms with Crippen LogP contribution < -0.4 is 4.46 Å². The van der Waals surface area contributed by atoms with Gasteiger partial charge in [-0.15, -0.1) is 0 Å². The van der Waals surface area contributed by atoms with Gasteiger partial charge < -0.3 is 0 Å². The summed E-state index contributed by atoms with van der Waals surface area (Å²) in [6, 6.07) is 14.6. The molecule has 0 N–H and O–H groups in total. The van der Waals surface area contributed by atoms with Crippen molar-refractivity contribution in [2.24, 2.45) is 5.41 Å². The van der Waals surface area contributed by atoms with Crippen molar-refractivity contribution in [3.63, 3.8) is 0 Å². The standard InChI is InChI=1S/C16H14N2Se/c1-16(11-17,12-18)10-15(13-6-5-7-13)19-14-8-3-2-4-9-14/h2-9,15H,10H2,1H3. The van der Waals surface area contributed by atoms with Crippen molar-refractivity contribution in [2.75, 3.05) is 0 Å². The topological polar surface area (TPSA) is 47.6 Å². The zero-order valence-corrected chi connectivity index (χ0v) is 12.4. The zero-order chi connectivity index (χ0) is 13.7. The molecule has 0 aromatic heterocycles. The molecule has 1 aliphatic carbocycles. The molecule has 0 bridgehead atoms. The van der Waals surface area contributed by atoms with E-state index in [1.165, 1.54) is 10.0 Å². The molecule has 0 aliphatic heterocycles. The summed E-state index contributed by atoms with van der Waals surface area (Å²) in [5.41, 5.74) is 0.367. The number of allylic oxidation sites excluding steroid dienone is 4. The molecular weight excluding hydrogens is 299 g/mol. The van der Waals surface area contributed by atoms with Gasteiger partial charge in [0.05, 0.1) is 0 Å². The maximum absolute atomic E-state index is 9.17. The Bertz CT molecular complexity index is 573. The minimum atomic E-state index is -0.897. The SMILES string of the molecule is CC(C#N)(C#N)CC([Se]c1ccccc1)C1=CC=C1. The fraction of sp³-hybridized carbons (Fsp3) is 0.250. The van der Waals surface area contributed by atoms with Crippen LogP contribution in [-0.4, -0.2) is 15.0 Å². The van der Waals surface area contributed by atoms with E-state index in [2.05, 4.69) is 36.4 Å². The van der Waals surface area contributed by atoms with E-state index in [4.69, 9.17) is 10.5 Å². The van der Waals surface area contributed by atoms with Crippen LogP contribution in [0.3, 0.4) is 0 Å². The summed E-state index contributed by atoms with van der Waals surface area (Å²) in [5.74, 6) is 0. The van der Waals surface area contributed by atoms with Gasteiger partial charge in [-0.3, -0.25) is 0 Å². The monoisotopic (exact) mass is 314 g/mol. The number of nitriles is 2. The first-order chi connectivity index (χ1) is 9.17. The summed E-state index contributed by atoms with van der Waals surface area (Å²) in [6.07, 6.45) is 6.79. The third-order valence-corrected chi connectivity index (χ3v) is 5.72. The third-order valence-electron chi connectivity index (χ3n) is 3.06. The van der Waals surface area contributed by atoms with Crippen LogP contribution in [0.2, 0.25) is 4.82 Å². The van der Waals surface area contributed by atoms with Gasteiger partial charge in [-0.05, 0) is 0 Å². The van der Waals surface area contributed by atoms with Crippen LogP contribution in [0.15, 0.2) is 54.1 Å². The molecule has 3 heteroatoms. The van der Waals surface area contributed by atoms with Gasteiger partial charge >= 0.3 is 120 Å². The first kappa shape index (κ1) is 13.6. The first-order valence-corrected chi connectivity index (χ1v) is 7.94. The molecule has 94 valence electrons. The predicted octanol–water partition coefficient (Wildman–Crippen LogP) is 2.74. The molecule has 0 heterocycles. The molecule has 0 radical (unpaired) electrons. The van der Waals surface area contributed by atoms with Crippen LogP contribution in [0, 0.1) is 28.1 Å². The van der Waals surface area contributed by atoms with Gasteiger partial charge in [-0.2, -0.15) is 0 Å². The molecule has 0 spiro atoms. The van der Waals surface area contributed by atoms with E-state index in [-0.39, 0.29) is 15.0 Å². The Balaban J connectivity index is 2.14. The van der Waals surface area contributed by atoms with Gasteiger partial charge in [0.15, 0.2) is 0 Å². The van der Waals surface area contributed by atoms with E-state index in [0.29, 0.717) is 11.2 Å². The van der Waals surface area contributed by atoms with E-state index >= 15 is 0 Å². The Morgan fingerprint density at radius 3 is 2.32 bits per heavy atom. The van der Waals surface area contributed by atoms with Crippen LogP contribution in [0.1, 0.15) is 13.3 Å². The Morgan fingerprint density at radius 1 is 1.21 bits per heavy atom. The van der Waals surface area contributed by atoms with Crippen LogP contribution in [0.25, 0.3) is 0 Å². The van der Waals surface area contributed by atoms with Gasteiger partial charge in [0.1, 0.15) is 0 Å². The Morgan fingerprint density at radius 2 is 1.84 bits per heavy atom. The first-order valence-electron chi connectivity index (χ1n) is 6.09. The molecule has 0 amide bonds. The molecule has 1 aromatic carbocycles. The predicted molar refractivity (Wildman–Crippen MR) is 76.8 cm³/mol. The van der Waals surface area contributed by atoms with Gasteiger partial charge in [-0.25, -0.2) is 0 Å². The second kappa shape index (κ2) is 5.89. The number of hydrogen-bond acceptors (Lipinski definition) is 2. The number of nitrogens with zero attached hydrogens (tertiary/aromatic N) is 2. The summed E-state index contributed by atoms with van der Waals surface area (Å²) in [5, 5.41) is 18.3. The van der Waals surface area contributed by atoms with E-state index in [0.717, 1.165) is 0 Å². The van der Waals surface area contributed by atoms with Crippen molar-refractivity contribution in [1.82, 2.24) is 0 Å². The van der Waals surface area contributed by atoms with E-state index in [1.54, 1.807) is 6.92 Å². The summed E-state index contributed by atoms with van der Waals surface area (Å²) in [4.78, 5) is 0.296. The molecule has 1 aliphatic rings. The zero-order valence-electron chi connectivity index (χ0n) is 10.7. The van der Waals surface area contributed by atoms with Crippen molar-refractivity contribution in [2.45, 2.75) is 18.2 Å². The van der Waals surface area contributed by atoms with Crippen LogP contribution in [-0.2, 0) is 0 Å². The summed E-state index contributed by atoms with van der Waals surface area (Å²) < 4.78 is 1.31. The molecule has 0 saturated heterocycles. The Kier molecular flexibility index (Phi) is 4.23. The quantitative estimate of drug-likeness (QED) is 0.785. The average Bonchev–Trinajstić information content (AvgIpc) is 2.37. The van der Waals surface area contributed by atoms with Gasteiger partial charge in [0.2, 0.25) is 0 Å². The molecule has 2 nitrogen and oxygen atoms in total. The Labute approximate surface area is 120 Å². The fourth-order valence-corrected chi connectivity index (χ4v) is 4.64. The molecule has 19 heavy (non-hydrogen) atoms. The van der Waals surface area contributed by atoms with Crippen molar-refractivity contribution >= 4 is 19.4 Å². The van der Waals surface area contributed by atoms with Crippen LogP contribution in [0.5, 0.6) is 0 Å². The molecule has 0 fully saturated rings. The van der Waals surface area contributed by atoms with Crippen LogP contribution >= 0.6 is 0 Å². The van der Waals surface area contributed by atoms with Crippen molar-refractivity contribution in [3.8, 4) is 12.1 Å². The van der Waals surface area contributed by atoms with Crippen molar-refractivity contribution in [3.05, 3.63) is 54.1 Å². The van der Waals surface area contributed by atoms with Gasteiger partial charge in [0.25, 0.3) is 0 Å². The fourth-order valence-electron chi connectivity index (χ4n) is 1.80. The normalized spacial score (nSPS) is 14.8. The summed E-state index contributed by atoms with van der Waals surface area (Å²) >= 11 is 0.243. The molecular formula is C16H14N2Se. The minimum absolute atomic E-state index is 0.243. The van der Waals surface area contributed by atoms with Crippen molar-refractivity contribution in [1.29, 1.82) is 10.5 Å². The van der Waals surface area contributed by atoms with Crippen LogP contribution in [0.4, 0.5) is 0 Å². The third kappa shape index (κ3) is 3.36. The molecule has 2 rings (SSSR count). The number of benzene rings is 1. The molecule has 1 aromatic rings. The average molecular weight is 313 g/mol. The van der Waals surface area contributed by atoms with E-state index in [1.807, 2.05) is 24.3 Å². The van der Waals surface area contributed by atoms with Crippen molar-refractivity contribution < 1.29 is 0 Å². The molecule has 1 unspecified atom stereocenters. The van der Waals surface area contributed by atoms with Gasteiger partial charge in [0, 0.05) is 0 Å². The molecule has 0 saturated carbocycles. The number of rotatable bonds is 5. The maximum atomic E-state index is 9.17. The molecule has 1 atom stereocenters. The summed E-state index contributed by atoms with van der Waals surface area (Å²) in [7, 11) is 0. The Hall–Kier alpha value is -1.80. The van der Waals surface area contributed by atoms with E-state index < -0.39 is 5.41 Å².